The number of fused-ring (bicyclic) bond motifs is 1. The molecule has 3 rings (SSSR count). The Bertz CT molecular complexity index is 875. The van der Waals surface area contributed by atoms with Crippen molar-refractivity contribution in [2.24, 2.45) is 0 Å². The molecule has 1 aromatic carbocycles. The predicted octanol–water partition coefficient (Wildman–Crippen LogP) is 3.06. The highest BCUT2D eigenvalue weighted by Crippen LogP contribution is 2.15. The van der Waals surface area contributed by atoms with Crippen LogP contribution in [0.5, 0.6) is 0 Å². The summed E-state index contributed by atoms with van der Waals surface area (Å²) in [6.07, 6.45) is 0.981. The van der Waals surface area contributed by atoms with E-state index in [1.165, 1.54) is 4.88 Å². The number of rotatable bonds is 6. The zero-order valence-electron chi connectivity index (χ0n) is 12.9. The number of aromatic nitrogens is 1. The third-order valence-electron chi connectivity index (χ3n) is 3.62. The van der Waals surface area contributed by atoms with Crippen LogP contribution < -0.4 is 11.1 Å². The molecule has 6 heteroatoms. The summed E-state index contributed by atoms with van der Waals surface area (Å²) in [5, 5.41) is 2.90. The molecule has 120 valence electrons. The smallest absolute Gasteiger partial charge is 0.408 e. The molecule has 2 heterocycles. The standard InChI is InChI=1S/C17H18N2O3S/c1-12-8-9-13(23-12)11-18-16(20)7-4-10-19-14-5-2-3-6-15(14)22-17(19)21/h2-3,5-6,8-9H,4,7,10-11H2,1H3,(H,18,20). The molecule has 0 aliphatic heterocycles. The molecule has 0 radical (unpaired) electrons. The number of para-hydroxylation sites is 2. The largest absolute Gasteiger partial charge is 0.419 e. The number of hydrogen-bond acceptors (Lipinski definition) is 4. The van der Waals surface area contributed by atoms with E-state index in [2.05, 4.69) is 5.32 Å². The first-order valence-electron chi connectivity index (χ1n) is 7.54. The van der Waals surface area contributed by atoms with Gasteiger partial charge in [-0.25, -0.2) is 4.79 Å². The molecule has 3 aromatic rings. The molecule has 5 nitrogen and oxygen atoms in total. The van der Waals surface area contributed by atoms with Crippen molar-refractivity contribution >= 4 is 28.3 Å². The van der Waals surface area contributed by atoms with Gasteiger partial charge in [0.05, 0.1) is 12.1 Å². The average molecular weight is 330 g/mol. The van der Waals surface area contributed by atoms with E-state index in [1.54, 1.807) is 22.0 Å². The molecule has 0 fully saturated rings. The van der Waals surface area contributed by atoms with Gasteiger partial charge >= 0.3 is 5.76 Å². The Kier molecular flexibility index (Phi) is 4.62. The Morgan fingerprint density at radius 3 is 2.87 bits per heavy atom. The van der Waals surface area contributed by atoms with Gasteiger partial charge in [-0.15, -0.1) is 11.3 Å². The molecule has 1 amide bonds. The van der Waals surface area contributed by atoms with Crippen molar-refractivity contribution in [1.29, 1.82) is 0 Å². The lowest BCUT2D eigenvalue weighted by atomic mass is 10.2. The number of carbonyl (C=O) groups is 1. The quantitative estimate of drug-likeness (QED) is 0.755. The lowest BCUT2D eigenvalue weighted by Crippen LogP contribution is -2.23. The van der Waals surface area contributed by atoms with E-state index in [0.29, 0.717) is 31.5 Å². The van der Waals surface area contributed by atoms with Crippen LogP contribution >= 0.6 is 11.3 Å². The second-order valence-electron chi connectivity index (χ2n) is 5.38. The summed E-state index contributed by atoms with van der Waals surface area (Å²) in [4.78, 5) is 26.1. The van der Waals surface area contributed by atoms with Gasteiger partial charge in [-0.3, -0.25) is 9.36 Å². The van der Waals surface area contributed by atoms with E-state index in [-0.39, 0.29) is 11.7 Å². The number of nitrogens with zero attached hydrogens (tertiary/aromatic N) is 1. The second-order valence-corrected chi connectivity index (χ2v) is 6.75. The fourth-order valence-corrected chi connectivity index (χ4v) is 3.31. The summed E-state index contributed by atoms with van der Waals surface area (Å²) in [5.41, 5.74) is 1.35. The van der Waals surface area contributed by atoms with Crippen molar-refractivity contribution in [2.75, 3.05) is 0 Å². The van der Waals surface area contributed by atoms with Crippen molar-refractivity contribution in [3.8, 4) is 0 Å². The molecule has 0 saturated heterocycles. The van der Waals surface area contributed by atoms with Gasteiger partial charge in [0.25, 0.3) is 0 Å². The van der Waals surface area contributed by atoms with Gasteiger partial charge in [-0.05, 0) is 37.6 Å². The van der Waals surface area contributed by atoms with Crippen molar-refractivity contribution < 1.29 is 9.21 Å². The van der Waals surface area contributed by atoms with Crippen molar-refractivity contribution in [1.82, 2.24) is 9.88 Å². The normalized spacial score (nSPS) is 11.0. The molecule has 0 aliphatic carbocycles. The van der Waals surface area contributed by atoms with E-state index >= 15 is 0 Å². The van der Waals surface area contributed by atoms with Crippen LogP contribution in [0.4, 0.5) is 0 Å². The fourth-order valence-electron chi connectivity index (χ4n) is 2.48. The van der Waals surface area contributed by atoms with Crippen molar-refractivity contribution in [3.63, 3.8) is 0 Å². The zero-order valence-corrected chi connectivity index (χ0v) is 13.7. The summed E-state index contributed by atoms with van der Waals surface area (Å²) in [7, 11) is 0. The first-order valence-corrected chi connectivity index (χ1v) is 8.35. The molecule has 0 bridgehead atoms. The fraction of sp³-hybridized carbons (Fsp3) is 0.294. The molecular formula is C17H18N2O3S. The van der Waals surface area contributed by atoms with E-state index in [0.717, 1.165) is 10.4 Å². The number of amides is 1. The van der Waals surface area contributed by atoms with Gasteiger partial charge < -0.3 is 9.73 Å². The summed E-state index contributed by atoms with van der Waals surface area (Å²) >= 11 is 1.68. The van der Waals surface area contributed by atoms with E-state index in [4.69, 9.17) is 4.42 Å². The van der Waals surface area contributed by atoms with Crippen LogP contribution in [-0.4, -0.2) is 10.5 Å². The molecular weight excluding hydrogens is 312 g/mol. The lowest BCUT2D eigenvalue weighted by Gasteiger charge is -2.04. The molecule has 2 aromatic heterocycles. The maximum absolute atomic E-state index is 11.9. The minimum atomic E-state index is -0.374. The highest BCUT2D eigenvalue weighted by atomic mass is 32.1. The highest BCUT2D eigenvalue weighted by molar-refractivity contribution is 7.11. The molecule has 23 heavy (non-hydrogen) atoms. The van der Waals surface area contributed by atoms with Crippen LogP contribution in [0.15, 0.2) is 45.6 Å². The molecule has 1 N–H and O–H groups in total. The summed E-state index contributed by atoms with van der Waals surface area (Å²) < 4.78 is 6.75. The number of hydrogen-bond donors (Lipinski definition) is 1. The average Bonchev–Trinajstić information content (AvgIpc) is 3.09. The monoisotopic (exact) mass is 330 g/mol. The third-order valence-corrected chi connectivity index (χ3v) is 4.62. The van der Waals surface area contributed by atoms with Crippen molar-refractivity contribution in [3.05, 3.63) is 56.7 Å². The number of thiophene rings is 1. The zero-order chi connectivity index (χ0) is 16.2. The Morgan fingerprint density at radius 1 is 1.26 bits per heavy atom. The summed E-state index contributed by atoms with van der Waals surface area (Å²) in [5.74, 6) is -0.377. The van der Waals surface area contributed by atoms with Crippen molar-refractivity contribution in [2.45, 2.75) is 32.9 Å². The van der Waals surface area contributed by atoms with E-state index < -0.39 is 0 Å². The first kappa shape index (κ1) is 15.6. The molecule has 0 unspecified atom stereocenters. The highest BCUT2D eigenvalue weighted by Gasteiger charge is 2.09. The Labute approximate surface area is 137 Å². The minimum Gasteiger partial charge on any atom is -0.408 e. The van der Waals surface area contributed by atoms with Gasteiger partial charge in [0, 0.05) is 22.7 Å². The van der Waals surface area contributed by atoms with Gasteiger partial charge in [0.1, 0.15) is 0 Å². The van der Waals surface area contributed by atoms with Crippen LogP contribution in [0.1, 0.15) is 22.6 Å². The van der Waals surface area contributed by atoms with Crippen LogP contribution in [-0.2, 0) is 17.9 Å². The molecule has 0 atom stereocenters. The number of benzene rings is 1. The molecule has 0 aliphatic rings. The predicted molar refractivity (Wildman–Crippen MR) is 90.6 cm³/mol. The Balaban J connectivity index is 1.51. The van der Waals surface area contributed by atoms with Gasteiger partial charge in [-0.1, -0.05) is 12.1 Å². The number of oxazole rings is 1. The third kappa shape index (κ3) is 3.71. The number of nitrogens with one attached hydrogen (secondary N) is 1. The van der Waals surface area contributed by atoms with Gasteiger partial charge in [-0.2, -0.15) is 0 Å². The number of carbonyl (C=O) groups excluding carboxylic acids is 1. The topological polar surface area (TPSA) is 64.2 Å². The minimum absolute atomic E-state index is 0.00287. The maximum atomic E-state index is 11.9. The van der Waals surface area contributed by atoms with Crippen LogP contribution in [0.25, 0.3) is 11.1 Å². The Hall–Kier alpha value is -2.34. The van der Waals surface area contributed by atoms with Gasteiger partial charge in [0.15, 0.2) is 5.58 Å². The van der Waals surface area contributed by atoms with E-state index in [9.17, 15) is 9.59 Å². The van der Waals surface area contributed by atoms with E-state index in [1.807, 2.05) is 37.3 Å². The molecule has 0 spiro atoms. The summed E-state index contributed by atoms with van der Waals surface area (Å²) in [6.45, 7) is 3.08. The van der Waals surface area contributed by atoms with Crippen LogP contribution in [0, 0.1) is 6.92 Å². The second kappa shape index (κ2) is 6.83. The first-order chi connectivity index (χ1) is 11.1. The van der Waals surface area contributed by atoms with Crippen LogP contribution in [0.2, 0.25) is 0 Å². The van der Waals surface area contributed by atoms with Gasteiger partial charge in [0.2, 0.25) is 5.91 Å². The summed E-state index contributed by atoms with van der Waals surface area (Å²) in [6, 6.07) is 11.4. The maximum Gasteiger partial charge on any atom is 0.419 e. The Morgan fingerprint density at radius 2 is 2.09 bits per heavy atom. The van der Waals surface area contributed by atoms with Crippen LogP contribution in [0.3, 0.4) is 0 Å². The SMILES string of the molecule is Cc1ccc(CNC(=O)CCCn2c(=O)oc3ccccc32)s1. The number of aryl methyl sites for hydroxylation is 2. The molecule has 0 saturated carbocycles. The lowest BCUT2D eigenvalue weighted by molar-refractivity contribution is -0.121.